The maximum atomic E-state index is 12.4. The summed E-state index contributed by atoms with van der Waals surface area (Å²) in [5, 5.41) is 5.81. The molecule has 1 aliphatic rings. The van der Waals surface area contributed by atoms with Gasteiger partial charge < -0.3 is 15.4 Å². The van der Waals surface area contributed by atoms with Crippen LogP contribution in [0, 0.1) is 0 Å². The molecule has 128 valence electrons. The van der Waals surface area contributed by atoms with Gasteiger partial charge in [-0.2, -0.15) is 0 Å². The summed E-state index contributed by atoms with van der Waals surface area (Å²) in [7, 11) is -3.47. The third kappa shape index (κ3) is 4.53. The number of piperidine rings is 1. The number of carbonyl (C=O) groups is 1. The van der Waals surface area contributed by atoms with E-state index in [9.17, 15) is 13.2 Å². The van der Waals surface area contributed by atoms with E-state index in [1.807, 2.05) is 30.3 Å². The third-order valence-electron chi connectivity index (χ3n) is 4.18. The second kappa shape index (κ2) is 7.90. The lowest BCUT2D eigenvalue weighted by atomic mass is 9.96. The second-order valence-corrected chi connectivity index (χ2v) is 8.14. The van der Waals surface area contributed by atoms with E-state index in [1.165, 1.54) is 0 Å². The highest BCUT2D eigenvalue weighted by atomic mass is 32.2. The monoisotopic (exact) mass is 340 g/mol. The average Bonchev–Trinajstić information content (AvgIpc) is 2.55. The Bertz CT molecular complexity index is 610. The SMILES string of the molecule is CS(=O)(=O)C1(C(=O)NCCOCc2ccccc2)CCNCC1. The zero-order valence-electron chi connectivity index (χ0n) is 13.4. The van der Waals surface area contributed by atoms with Crippen LogP contribution in [0.25, 0.3) is 0 Å². The minimum absolute atomic E-state index is 0.302. The molecular formula is C16H24N2O4S. The number of nitrogens with one attached hydrogen (secondary N) is 2. The van der Waals surface area contributed by atoms with Crippen LogP contribution in [0.15, 0.2) is 30.3 Å². The van der Waals surface area contributed by atoms with E-state index >= 15 is 0 Å². The van der Waals surface area contributed by atoms with Crippen molar-refractivity contribution in [3.05, 3.63) is 35.9 Å². The smallest absolute Gasteiger partial charge is 0.241 e. The number of amides is 1. The first-order valence-corrected chi connectivity index (χ1v) is 9.65. The molecule has 0 aromatic heterocycles. The molecule has 0 unspecified atom stereocenters. The van der Waals surface area contributed by atoms with Gasteiger partial charge in [-0.25, -0.2) is 8.42 Å². The first kappa shape index (κ1) is 17.9. The summed E-state index contributed by atoms with van der Waals surface area (Å²) in [6, 6.07) is 9.74. The molecule has 1 saturated heterocycles. The number of benzene rings is 1. The van der Waals surface area contributed by atoms with Crippen molar-refractivity contribution >= 4 is 15.7 Å². The number of carbonyl (C=O) groups excluding carboxylic acids is 1. The standard InChI is InChI=1S/C16H24N2O4S/c1-23(20,21)16(7-9-17-10-8-16)15(19)18-11-12-22-13-14-5-3-2-4-6-14/h2-6,17H,7-13H2,1H3,(H,18,19). The molecule has 0 spiro atoms. The molecule has 1 heterocycles. The van der Waals surface area contributed by atoms with Crippen molar-refractivity contribution in [3.63, 3.8) is 0 Å². The lowest BCUT2D eigenvalue weighted by Gasteiger charge is -2.34. The molecule has 2 N–H and O–H groups in total. The predicted molar refractivity (Wildman–Crippen MR) is 88.8 cm³/mol. The van der Waals surface area contributed by atoms with Gasteiger partial charge in [0.25, 0.3) is 0 Å². The summed E-state index contributed by atoms with van der Waals surface area (Å²) in [6.45, 7) is 2.18. The molecule has 1 aromatic rings. The summed E-state index contributed by atoms with van der Waals surface area (Å²) in [5.74, 6) is -0.412. The molecule has 2 rings (SSSR count). The van der Waals surface area contributed by atoms with Crippen molar-refractivity contribution in [1.29, 1.82) is 0 Å². The first-order valence-electron chi connectivity index (χ1n) is 7.76. The highest BCUT2D eigenvalue weighted by Gasteiger charge is 2.48. The normalized spacial score (nSPS) is 17.6. The predicted octanol–water partition coefficient (Wildman–Crippen LogP) is 0.486. The lowest BCUT2D eigenvalue weighted by Crippen LogP contribution is -2.57. The van der Waals surface area contributed by atoms with Crippen LogP contribution >= 0.6 is 0 Å². The molecule has 1 aromatic carbocycles. The maximum absolute atomic E-state index is 12.4. The van der Waals surface area contributed by atoms with Gasteiger partial charge in [0.15, 0.2) is 14.6 Å². The van der Waals surface area contributed by atoms with Crippen LogP contribution < -0.4 is 10.6 Å². The lowest BCUT2D eigenvalue weighted by molar-refractivity contribution is -0.124. The Morgan fingerprint density at radius 2 is 1.91 bits per heavy atom. The topological polar surface area (TPSA) is 84.5 Å². The molecule has 0 saturated carbocycles. The quantitative estimate of drug-likeness (QED) is 0.706. The number of ether oxygens (including phenoxy) is 1. The van der Waals surface area contributed by atoms with Gasteiger partial charge in [-0.05, 0) is 31.5 Å². The molecule has 1 amide bonds. The molecule has 0 atom stereocenters. The van der Waals surface area contributed by atoms with Gasteiger partial charge in [0, 0.05) is 12.8 Å². The number of sulfone groups is 1. The summed E-state index contributed by atoms with van der Waals surface area (Å²) in [5.41, 5.74) is 1.06. The number of hydrogen-bond donors (Lipinski definition) is 2. The zero-order chi connectivity index (χ0) is 16.8. The number of rotatable bonds is 7. The average molecular weight is 340 g/mol. The summed E-state index contributed by atoms with van der Waals surface area (Å²) in [6.07, 6.45) is 1.76. The Morgan fingerprint density at radius 1 is 1.26 bits per heavy atom. The van der Waals surface area contributed by atoms with E-state index in [2.05, 4.69) is 10.6 Å². The minimum atomic E-state index is -3.47. The third-order valence-corrected chi connectivity index (χ3v) is 6.19. The van der Waals surface area contributed by atoms with Crippen LogP contribution in [-0.4, -0.2) is 51.6 Å². The van der Waals surface area contributed by atoms with E-state index in [4.69, 9.17) is 4.74 Å². The molecule has 0 bridgehead atoms. The van der Waals surface area contributed by atoms with Crippen molar-refractivity contribution < 1.29 is 17.9 Å². The van der Waals surface area contributed by atoms with Gasteiger partial charge in [0.2, 0.25) is 5.91 Å². The fourth-order valence-corrected chi connectivity index (χ4v) is 4.11. The van der Waals surface area contributed by atoms with Gasteiger partial charge in [-0.3, -0.25) is 4.79 Å². The van der Waals surface area contributed by atoms with Crippen molar-refractivity contribution in [1.82, 2.24) is 10.6 Å². The molecule has 1 fully saturated rings. The molecule has 0 radical (unpaired) electrons. The second-order valence-electron chi connectivity index (χ2n) is 5.81. The number of hydrogen-bond acceptors (Lipinski definition) is 5. The van der Waals surface area contributed by atoms with Crippen LogP contribution in [0.2, 0.25) is 0 Å². The van der Waals surface area contributed by atoms with E-state index in [-0.39, 0.29) is 0 Å². The molecule has 23 heavy (non-hydrogen) atoms. The van der Waals surface area contributed by atoms with Crippen LogP contribution in [0.3, 0.4) is 0 Å². The molecule has 7 heteroatoms. The summed E-state index contributed by atoms with van der Waals surface area (Å²) < 4.78 is 28.4. The van der Waals surface area contributed by atoms with Gasteiger partial charge in [0.1, 0.15) is 0 Å². The Kier molecular flexibility index (Phi) is 6.15. The zero-order valence-corrected chi connectivity index (χ0v) is 14.2. The Labute approximate surface area is 137 Å². The fourth-order valence-electron chi connectivity index (χ4n) is 2.76. The van der Waals surface area contributed by atoms with Crippen LogP contribution in [-0.2, 0) is 26.0 Å². The van der Waals surface area contributed by atoms with Crippen LogP contribution in [0.4, 0.5) is 0 Å². The molecular weight excluding hydrogens is 316 g/mol. The van der Waals surface area contributed by atoms with Gasteiger partial charge >= 0.3 is 0 Å². The van der Waals surface area contributed by atoms with Gasteiger partial charge in [-0.1, -0.05) is 30.3 Å². The van der Waals surface area contributed by atoms with Crippen molar-refractivity contribution in [2.24, 2.45) is 0 Å². The van der Waals surface area contributed by atoms with Crippen molar-refractivity contribution in [2.45, 2.75) is 24.2 Å². The Hall–Kier alpha value is -1.44. The maximum Gasteiger partial charge on any atom is 0.241 e. The van der Waals surface area contributed by atoms with Crippen LogP contribution in [0.1, 0.15) is 18.4 Å². The molecule has 0 aliphatic carbocycles. The molecule has 1 aliphatic heterocycles. The highest BCUT2D eigenvalue weighted by molar-refractivity contribution is 7.92. The summed E-state index contributed by atoms with van der Waals surface area (Å²) in [4.78, 5) is 12.4. The van der Waals surface area contributed by atoms with E-state index in [1.54, 1.807) is 0 Å². The minimum Gasteiger partial charge on any atom is -0.375 e. The van der Waals surface area contributed by atoms with Crippen molar-refractivity contribution in [3.8, 4) is 0 Å². The Balaban J connectivity index is 1.81. The van der Waals surface area contributed by atoms with E-state index in [0.717, 1.165) is 11.8 Å². The largest absolute Gasteiger partial charge is 0.375 e. The van der Waals surface area contributed by atoms with Gasteiger partial charge in [-0.15, -0.1) is 0 Å². The first-order chi connectivity index (χ1) is 11.0. The summed E-state index contributed by atoms with van der Waals surface area (Å²) >= 11 is 0. The van der Waals surface area contributed by atoms with E-state index < -0.39 is 20.5 Å². The van der Waals surface area contributed by atoms with E-state index in [0.29, 0.717) is 45.7 Å². The molecule has 6 nitrogen and oxygen atoms in total. The Morgan fingerprint density at radius 3 is 2.52 bits per heavy atom. The van der Waals surface area contributed by atoms with Crippen LogP contribution in [0.5, 0.6) is 0 Å². The highest BCUT2D eigenvalue weighted by Crippen LogP contribution is 2.27. The van der Waals surface area contributed by atoms with Gasteiger partial charge in [0.05, 0.1) is 13.2 Å². The van der Waals surface area contributed by atoms with Crippen molar-refractivity contribution in [2.75, 3.05) is 32.5 Å². The fraction of sp³-hybridized carbons (Fsp3) is 0.562.